The van der Waals surface area contributed by atoms with E-state index in [1.54, 1.807) is 11.4 Å². The van der Waals surface area contributed by atoms with E-state index >= 15 is 0 Å². The summed E-state index contributed by atoms with van der Waals surface area (Å²) in [7, 11) is 0. The molecule has 0 aliphatic heterocycles. The molecule has 1 aromatic carbocycles. The van der Waals surface area contributed by atoms with Crippen LogP contribution in [0.5, 0.6) is 0 Å². The second-order valence-corrected chi connectivity index (χ2v) is 4.74. The molecule has 2 aromatic rings. The predicted octanol–water partition coefficient (Wildman–Crippen LogP) is 2.77. The van der Waals surface area contributed by atoms with Gasteiger partial charge in [0.2, 0.25) is 5.91 Å². The van der Waals surface area contributed by atoms with Crippen LogP contribution in [-0.4, -0.2) is 17.0 Å². The lowest BCUT2D eigenvalue weighted by Crippen LogP contribution is -2.15. The fourth-order valence-corrected chi connectivity index (χ4v) is 2.37. The molecule has 1 amide bonds. The molecule has 4 nitrogen and oxygen atoms in total. The first-order valence-electron chi connectivity index (χ1n) is 5.41. The second-order valence-electron chi connectivity index (χ2n) is 3.82. The molecular weight excluding hydrogens is 269 g/mol. The Labute approximate surface area is 112 Å². The van der Waals surface area contributed by atoms with E-state index in [2.05, 4.69) is 5.32 Å². The van der Waals surface area contributed by atoms with Crippen LogP contribution in [0.25, 0.3) is 0 Å². The summed E-state index contributed by atoms with van der Waals surface area (Å²) >= 11 is 1.13. The predicted molar refractivity (Wildman–Crippen MR) is 70.0 cm³/mol. The number of carboxylic acid groups (broad SMARTS) is 1. The third kappa shape index (κ3) is 3.38. The molecule has 0 aliphatic rings. The molecule has 6 heteroatoms. The van der Waals surface area contributed by atoms with Gasteiger partial charge in [-0.2, -0.15) is 0 Å². The summed E-state index contributed by atoms with van der Waals surface area (Å²) in [5.41, 5.74) is 0.587. The minimum Gasteiger partial charge on any atom is -0.478 e. The van der Waals surface area contributed by atoms with E-state index in [9.17, 15) is 14.0 Å². The van der Waals surface area contributed by atoms with Gasteiger partial charge in [0.25, 0.3) is 0 Å². The molecule has 0 aliphatic carbocycles. The number of carbonyl (C=O) groups is 2. The highest BCUT2D eigenvalue weighted by molar-refractivity contribution is 7.14. The van der Waals surface area contributed by atoms with Gasteiger partial charge in [-0.3, -0.25) is 4.79 Å². The lowest BCUT2D eigenvalue weighted by molar-refractivity contribution is -0.115. The van der Waals surface area contributed by atoms with Crippen molar-refractivity contribution in [1.29, 1.82) is 0 Å². The molecule has 2 N–H and O–H groups in total. The molecule has 0 bridgehead atoms. The van der Waals surface area contributed by atoms with Crippen LogP contribution in [0.1, 0.15) is 15.9 Å². The van der Waals surface area contributed by atoms with Crippen molar-refractivity contribution in [2.75, 3.05) is 5.32 Å². The molecule has 0 radical (unpaired) electrons. The van der Waals surface area contributed by atoms with Gasteiger partial charge >= 0.3 is 5.97 Å². The summed E-state index contributed by atoms with van der Waals surface area (Å²) in [6.07, 6.45) is -0.00524. The van der Waals surface area contributed by atoms with Crippen LogP contribution in [0.2, 0.25) is 0 Å². The fraction of sp³-hybridized carbons (Fsp3) is 0.0769. The van der Waals surface area contributed by atoms with Gasteiger partial charge in [0, 0.05) is 0 Å². The van der Waals surface area contributed by atoms with Crippen LogP contribution < -0.4 is 5.32 Å². The van der Waals surface area contributed by atoms with Crippen molar-refractivity contribution in [2.24, 2.45) is 0 Å². The number of hydrogen-bond donors (Lipinski definition) is 2. The third-order valence-corrected chi connectivity index (χ3v) is 3.23. The average molecular weight is 279 g/mol. The van der Waals surface area contributed by atoms with Gasteiger partial charge in [0.05, 0.1) is 12.0 Å². The summed E-state index contributed by atoms with van der Waals surface area (Å²) in [6.45, 7) is 0. The Bertz CT molecular complexity index is 624. The first-order chi connectivity index (χ1) is 9.06. The zero-order valence-electron chi connectivity index (χ0n) is 9.72. The number of amides is 1. The van der Waals surface area contributed by atoms with Crippen LogP contribution in [0.15, 0.2) is 35.7 Å². The number of halogens is 1. The zero-order valence-corrected chi connectivity index (χ0v) is 10.5. The minimum atomic E-state index is -1.10. The highest BCUT2D eigenvalue weighted by Gasteiger charge is 2.14. The van der Waals surface area contributed by atoms with E-state index < -0.39 is 11.8 Å². The minimum absolute atomic E-state index is 0.00524. The monoisotopic (exact) mass is 279 g/mol. The fourth-order valence-electron chi connectivity index (χ4n) is 1.58. The van der Waals surface area contributed by atoms with E-state index in [0.717, 1.165) is 11.3 Å². The molecule has 98 valence electrons. The number of hydrogen-bond acceptors (Lipinski definition) is 3. The van der Waals surface area contributed by atoms with Gasteiger partial charge in [-0.25, -0.2) is 9.18 Å². The Kier molecular flexibility index (Phi) is 3.91. The lowest BCUT2D eigenvalue weighted by atomic mass is 10.1. The lowest BCUT2D eigenvalue weighted by Gasteiger charge is -2.04. The maximum Gasteiger partial charge on any atom is 0.338 e. The summed E-state index contributed by atoms with van der Waals surface area (Å²) in [6, 6.07) is 7.14. The van der Waals surface area contributed by atoms with Crippen LogP contribution in [0.3, 0.4) is 0 Å². The molecule has 0 unspecified atom stereocenters. The Morgan fingerprint density at radius 2 is 2.11 bits per heavy atom. The molecule has 19 heavy (non-hydrogen) atoms. The number of carboxylic acids is 1. The van der Waals surface area contributed by atoms with Gasteiger partial charge in [0.15, 0.2) is 0 Å². The standard InChI is InChI=1S/C13H10FNO3S/c14-9-3-1-2-8(6-9)7-11(16)15-12-10(13(17)18)4-5-19-12/h1-6H,7H2,(H,15,16)(H,17,18). The molecule has 0 fully saturated rings. The topological polar surface area (TPSA) is 66.4 Å². The van der Waals surface area contributed by atoms with E-state index in [1.165, 1.54) is 24.3 Å². The van der Waals surface area contributed by atoms with Crippen LogP contribution in [-0.2, 0) is 11.2 Å². The van der Waals surface area contributed by atoms with Gasteiger partial charge in [-0.1, -0.05) is 12.1 Å². The Balaban J connectivity index is 2.05. The van der Waals surface area contributed by atoms with Crippen molar-refractivity contribution in [2.45, 2.75) is 6.42 Å². The Hall–Kier alpha value is -2.21. The van der Waals surface area contributed by atoms with Gasteiger partial charge in [-0.15, -0.1) is 11.3 Å². The van der Waals surface area contributed by atoms with Crippen molar-refractivity contribution in [1.82, 2.24) is 0 Å². The number of nitrogens with one attached hydrogen (secondary N) is 1. The van der Waals surface area contributed by atoms with Gasteiger partial charge in [0.1, 0.15) is 10.8 Å². The van der Waals surface area contributed by atoms with Crippen LogP contribution in [0.4, 0.5) is 9.39 Å². The molecule has 0 atom stereocenters. The van der Waals surface area contributed by atoms with E-state index in [-0.39, 0.29) is 22.9 Å². The summed E-state index contributed by atoms with van der Waals surface area (Å²) in [4.78, 5) is 22.6. The maximum atomic E-state index is 13.0. The van der Waals surface area contributed by atoms with Crippen molar-refractivity contribution >= 4 is 28.2 Å². The molecule has 1 aromatic heterocycles. The highest BCUT2D eigenvalue weighted by atomic mass is 32.1. The third-order valence-electron chi connectivity index (χ3n) is 2.40. The van der Waals surface area contributed by atoms with Crippen molar-refractivity contribution in [3.63, 3.8) is 0 Å². The summed E-state index contributed by atoms with van der Waals surface area (Å²) < 4.78 is 13.0. The number of thiophene rings is 1. The molecule has 1 heterocycles. The number of benzene rings is 1. The molecule has 0 spiro atoms. The van der Waals surface area contributed by atoms with Gasteiger partial charge in [-0.05, 0) is 29.1 Å². The van der Waals surface area contributed by atoms with E-state index in [4.69, 9.17) is 5.11 Å². The maximum absolute atomic E-state index is 13.0. The normalized spacial score (nSPS) is 10.2. The van der Waals surface area contributed by atoms with Crippen molar-refractivity contribution < 1.29 is 19.1 Å². The van der Waals surface area contributed by atoms with Crippen LogP contribution >= 0.6 is 11.3 Å². The summed E-state index contributed by atoms with van der Waals surface area (Å²) in [5, 5.41) is 13.3. The molecule has 0 saturated heterocycles. The first kappa shape index (κ1) is 13.2. The zero-order chi connectivity index (χ0) is 13.8. The molecule has 2 rings (SSSR count). The Morgan fingerprint density at radius 1 is 1.32 bits per heavy atom. The van der Waals surface area contributed by atoms with Crippen LogP contribution in [0, 0.1) is 5.82 Å². The SMILES string of the molecule is O=C(Cc1cccc(F)c1)Nc1sccc1C(=O)O. The molecular formula is C13H10FNO3S. The quantitative estimate of drug-likeness (QED) is 0.904. The second kappa shape index (κ2) is 5.62. The number of anilines is 1. The summed E-state index contributed by atoms with van der Waals surface area (Å²) in [5.74, 6) is -1.88. The van der Waals surface area contributed by atoms with E-state index in [1.807, 2.05) is 0 Å². The van der Waals surface area contributed by atoms with Crippen molar-refractivity contribution in [3.05, 3.63) is 52.7 Å². The number of aromatic carboxylic acids is 1. The van der Waals surface area contributed by atoms with E-state index in [0.29, 0.717) is 5.56 Å². The molecule has 0 saturated carbocycles. The average Bonchev–Trinajstić information content (AvgIpc) is 2.76. The number of carbonyl (C=O) groups excluding carboxylic acids is 1. The first-order valence-corrected chi connectivity index (χ1v) is 6.29. The van der Waals surface area contributed by atoms with Crippen molar-refractivity contribution in [3.8, 4) is 0 Å². The smallest absolute Gasteiger partial charge is 0.338 e. The number of rotatable bonds is 4. The largest absolute Gasteiger partial charge is 0.478 e. The highest BCUT2D eigenvalue weighted by Crippen LogP contribution is 2.23. The Morgan fingerprint density at radius 3 is 2.79 bits per heavy atom. The van der Waals surface area contributed by atoms with Gasteiger partial charge < -0.3 is 10.4 Å².